The lowest BCUT2D eigenvalue weighted by Crippen LogP contribution is -2.59. The van der Waals surface area contributed by atoms with Crippen LogP contribution in [0.1, 0.15) is 34.6 Å². The van der Waals surface area contributed by atoms with Crippen molar-refractivity contribution < 1.29 is 47.7 Å². The average Bonchev–Trinajstić information content (AvgIpc) is 2.49. The van der Waals surface area contributed by atoms with E-state index < -0.39 is 58.8 Å². The largest absolute Gasteiger partial charge is 0.465 e. The van der Waals surface area contributed by atoms with Gasteiger partial charge in [-0.2, -0.15) is 0 Å². The van der Waals surface area contributed by atoms with Gasteiger partial charge in [-0.1, -0.05) is 0 Å². The highest BCUT2D eigenvalue weighted by molar-refractivity contribution is 8.00. The Bertz CT molecular complexity index is 604. The van der Waals surface area contributed by atoms with E-state index in [4.69, 9.17) is 23.7 Å². The molecule has 0 amide bonds. The molecule has 27 heavy (non-hydrogen) atoms. The van der Waals surface area contributed by atoms with Crippen LogP contribution < -0.4 is 0 Å². The molecular weight excluding hydrogens is 384 g/mol. The van der Waals surface area contributed by atoms with Crippen molar-refractivity contribution in [3.63, 3.8) is 0 Å². The lowest BCUT2D eigenvalue weighted by atomic mass is 10.0. The lowest BCUT2D eigenvalue weighted by molar-refractivity contribution is -0.195. The summed E-state index contributed by atoms with van der Waals surface area (Å²) in [6.07, 6.45) is -3.59. The third-order valence-corrected chi connectivity index (χ3v) is 4.62. The molecule has 1 rings (SSSR count). The number of thioether (sulfide) groups is 1. The molecule has 10 nitrogen and oxygen atoms in total. The summed E-state index contributed by atoms with van der Waals surface area (Å²) < 4.78 is 25.8. The van der Waals surface area contributed by atoms with Gasteiger partial charge in [-0.15, -0.1) is 11.8 Å². The van der Waals surface area contributed by atoms with E-state index in [-0.39, 0.29) is 6.61 Å². The average molecular weight is 406 g/mol. The van der Waals surface area contributed by atoms with E-state index in [1.807, 2.05) is 0 Å². The third kappa shape index (κ3) is 7.45. The van der Waals surface area contributed by atoms with E-state index in [0.717, 1.165) is 39.5 Å². The molecule has 1 saturated heterocycles. The molecule has 1 heterocycles. The fourth-order valence-corrected chi connectivity index (χ4v) is 3.86. The van der Waals surface area contributed by atoms with Gasteiger partial charge in [0.25, 0.3) is 0 Å². The van der Waals surface area contributed by atoms with Crippen molar-refractivity contribution in [2.24, 2.45) is 0 Å². The van der Waals surface area contributed by atoms with Gasteiger partial charge in [-0.25, -0.2) is 0 Å². The number of carbonyl (C=O) groups is 5. The molecule has 0 saturated carbocycles. The van der Waals surface area contributed by atoms with E-state index in [0.29, 0.717) is 0 Å². The van der Waals surface area contributed by atoms with Crippen LogP contribution in [-0.2, 0) is 47.7 Å². The van der Waals surface area contributed by atoms with Crippen molar-refractivity contribution in [2.45, 2.75) is 63.6 Å². The van der Waals surface area contributed by atoms with E-state index in [1.54, 1.807) is 0 Å². The zero-order valence-electron chi connectivity index (χ0n) is 15.6. The molecule has 1 fully saturated rings. The second-order valence-electron chi connectivity index (χ2n) is 5.68. The maximum atomic E-state index is 11.6. The molecule has 0 bridgehead atoms. The van der Waals surface area contributed by atoms with Crippen LogP contribution in [0, 0.1) is 0 Å². The standard InChI is InChI=1S/C16H22O10S/c1-7(17)22-6-12-13(23-8(2)18)14(24-9(3)19)15(25-10(4)20)16(27-12)26-11(5)21/h12-16H,6H2,1-5H3/t12-,13+,14+,15-,16?/m1/s1. The smallest absolute Gasteiger partial charge is 0.303 e. The van der Waals surface area contributed by atoms with Crippen molar-refractivity contribution >= 4 is 41.6 Å². The topological polar surface area (TPSA) is 132 Å². The van der Waals surface area contributed by atoms with Gasteiger partial charge in [-0.3, -0.25) is 24.0 Å². The van der Waals surface area contributed by atoms with E-state index in [1.165, 1.54) is 6.92 Å². The van der Waals surface area contributed by atoms with Crippen molar-refractivity contribution in [3.05, 3.63) is 0 Å². The molecular formula is C16H22O10S. The molecule has 5 atom stereocenters. The Morgan fingerprint density at radius 1 is 0.630 bits per heavy atom. The predicted molar refractivity (Wildman–Crippen MR) is 90.2 cm³/mol. The highest BCUT2D eigenvalue weighted by Gasteiger charge is 2.53. The minimum Gasteiger partial charge on any atom is -0.465 e. The summed E-state index contributed by atoms with van der Waals surface area (Å²) in [7, 11) is 0. The van der Waals surface area contributed by atoms with Crippen molar-refractivity contribution in [1.82, 2.24) is 0 Å². The number of carbonyl (C=O) groups excluding carboxylic acids is 5. The summed E-state index contributed by atoms with van der Waals surface area (Å²) in [5.74, 6) is -3.36. The zero-order chi connectivity index (χ0) is 20.7. The first-order valence-corrected chi connectivity index (χ1v) is 8.93. The van der Waals surface area contributed by atoms with Gasteiger partial charge in [0.15, 0.2) is 23.7 Å². The van der Waals surface area contributed by atoms with Crippen LogP contribution in [-0.4, -0.2) is 65.5 Å². The maximum Gasteiger partial charge on any atom is 0.303 e. The van der Waals surface area contributed by atoms with Gasteiger partial charge >= 0.3 is 29.8 Å². The molecule has 0 spiro atoms. The van der Waals surface area contributed by atoms with Crippen LogP contribution in [0.5, 0.6) is 0 Å². The van der Waals surface area contributed by atoms with Gasteiger partial charge in [0, 0.05) is 34.6 Å². The third-order valence-electron chi connectivity index (χ3n) is 3.23. The number of rotatable bonds is 6. The molecule has 0 aromatic heterocycles. The van der Waals surface area contributed by atoms with Gasteiger partial charge in [0.2, 0.25) is 0 Å². The van der Waals surface area contributed by atoms with E-state index >= 15 is 0 Å². The van der Waals surface area contributed by atoms with Gasteiger partial charge in [0.1, 0.15) is 6.61 Å². The lowest BCUT2D eigenvalue weighted by Gasteiger charge is -2.43. The molecule has 0 aromatic carbocycles. The highest BCUT2D eigenvalue weighted by Crippen LogP contribution is 2.38. The fourth-order valence-electron chi connectivity index (χ4n) is 2.45. The van der Waals surface area contributed by atoms with Crippen LogP contribution in [0.25, 0.3) is 0 Å². The predicted octanol–water partition coefficient (Wildman–Crippen LogP) is 0.349. The summed E-state index contributed by atoms with van der Waals surface area (Å²) in [6, 6.07) is 0. The quantitative estimate of drug-likeness (QED) is 0.447. The Labute approximate surface area is 160 Å². The number of esters is 5. The highest BCUT2D eigenvalue weighted by atomic mass is 32.2. The van der Waals surface area contributed by atoms with Crippen molar-refractivity contribution in [3.8, 4) is 0 Å². The molecule has 1 aliphatic heterocycles. The molecule has 1 aliphatic rings. The summed E-state index contributed by atoms with van der Waals surface area (Å²) in [5, 5.41) is -0.738. The van der Waals surface area contributed by atoms with Gasteiger partial charge in [-0.05, 0) is 0 Å². The second-order valence-corrected chi connectivity index (χ2v) is 7.02. The number of hydrogen-bond donors (Lipinski definition) is 0. The van der Waals surface area contributed by atoms with Crippen molar-refractivity contribution in [1.29, 1.82) is 0 Å². The molecule has 0 aliphatic carbocycles. The first-order chi connectivity index (χ1) is 12.5. The first kappa shape index (κ1) is 22.7. The molecule has 1 unspecified atom stereocenters. The SMILES string of the molecule is CC(=O)OC[C@H]1SC(OC(C)=O)[C@H](OC(C)=O)[C@@H](OC(C)=O)[C@H]1OC(C)=O. The van der Waals surface area contributed by atoms with Gasteiger partial charge in [0.05, 0.1) is 5.25 Å². The molecule has 11 heteroatoms. The van der Waals surface area contributed by atoms with Crippen molar-refractivity contribution in [2.75, 3.05) is 6.61 Å². The van der Waals surface area contributed by atoms with Crippen LogP contribution >= 0.6 is 11.8 Å². The normalized spacial score (nSPS) is 27.1. The van der Waals surface area contributed by atoms with Crippen LogP contribution in [0.15, 0.2) is 0 Å². The molecule has 0 radical (unpaired) electrons. The van der Waals surface area contributed by atoms with E-state index in [2.05, 4.69) is 0 Å². The Morgan fingerprint density at radius 3 is 1.52 bits per heavy atom. The summed E-state index contributed by atoms with van der Waals surface area (Å²) in [4.78, 5) is 57.2. The number of hydrogen-bond acceptors (Lipinski definition) is 11. The summed E-state index contributed by atoms with van der Waals surface area (Å²) in [6.45, 7) is 5.55. The Hall–Kier alpha value is -2.30. The minimum atomic E-state index is -1.26. The minimum absolute atomic E-state index is 0.208. The molecule has 152 valence electrons. The molecule has 0 N–H and O–H groups in total. The Morgan fingerprint density at radius 2 is 1.07 bits per heavy atom. The van der Waals surface area contributed by atoms with E-state index in [9.17, 15) is 24.0 Å². The van der Waals surface area contributed by atoms with Crippen LogP contribution in [0.2, 0.25) is 0 Å². The Kier molecular flexibility index (Phi) is 8.54. The fraction of sp³-hybridized carbons (Fsp3) is 0.688. The van der Waals surface area contributed by atoms with Crippen LogP contribution in [0.4, 0.5) is 0 Å². The second kappa shape index (κ2) is 10.1. The molecule has 0 aromatic rings. The maximum absolute atomic E-state index is 11.6. The first-order valence-electron chi connectivity index (χ1n) is 7.99. The summed E-state index contributed by atoms with van der Waals surface area (Å²) >= 11 is 0.967. The van der Waals surface area contributed by atoms with Gasteiger partial charge < -0.3 is 23.7 Å². The Balaban J connectivity index is 3.29. The zero-order valence-corrected chi connectivity index (χ0v) is 16.4. The van der Waals surface area contributed by atoms with Crippen LogP contribution in [0.3, 0.4) is 0 Å². The number of ether oxygens (including phenoxy) is 5. The monoisotopic (exact) mass is 406 g/mol. The summed E-state index contributed by atoms with van der Waals surface area (Å²) in [5.41, 5.74) is -1.07.